The third kappa shape index (κ3) is 3.37. The fraction of sp³-hybridized carbons (Fsp3) is 0.467. The van der Waals surface area contributed by atoms with Crippen LogP contribution in [0.15, 0.2) is 34.0 Å². The molecule has 1 aliphatic rings. The van der Waals surface area contributed by atoms with Crippen molar-refractivity contribution in [2.24, 2.45) is 16.6 Å². The smallest absolute Gasteiger partial charge is 0.191 e. The summed E-state index contributed by atoms with van der Waals surface area (Å²) in [5.74, 6) is 1.33. The normalized spacial score (nSPS) is 20.2. The number of pyridine rings is 1. The van der Waals surface area contributed by atoms with Crippen molar-refractivity contribution < 1.29 is 0 Å². The highest BCUT2D eigenvalue weighted by Gasteiger charge is 2.17. The van der Waals surface area contributed by atoms with Crippen LogP contribution in [0.4, 0.5) is 0 Å². The summed E-state index contributed by atoms with van der Waals surface area (Å²) >= 11 is 3.46. The number of aromatic nitrogens is 2. The highest BCUT2D eigenvalue weighted by Crippen LogP contribution is 2.16. The van der Waals surface area contributed by atoms with E-state index in [1.807, 2.05) is 28.9 Å². The molecule has 2 aromatic rings. The third-order valence-corrected chi connectivity index (χ3v) is 4.32. The number of halogens is 1. The molecule has 2 N–H and O–H groups in total. The van der Waals surface area contributed by atoms with Gasteiger partial charge in [0, 0.05) is 30.0 Å². The minimum Gasteiger partial charge on any atom is -0.370 e. The third-order valence-electron chi connectivity index (χ3n) is 3.85. The zero-order valence-electron chi connectivity index (χ0n) is 12.2. The molecule has 2 aromatic heterocycles. The van der Waals surface area contributed by atoms with Gasteiger partial charge in [-0.15, -0.1) is 0 Å². The lowest BCUT2D eigenvalue weighted by Gasteiger charge is -2.31. The quantitative estimate of drug-likeness (QED) is 0.669. The standard InChI is InChI=1S/C15H20BrN5/c1-11-3-2-6-20(8-11)15(17)18-7-13-10-21-9-12(16)4-5-14(21)19-13/h4-5,9-11H,2-3,6-8H2,1H3,(H2,17,18). The minimum absolute atomic E-state index is 0.524. The van der Waals surface area contributed by atoms with E-state index in [2.05, 4.69) is 37.7 Å². The van der Waals surface area contributed by atoms with Crippen molar-refractivity contribution in [1.82, 2.24) is 14.3 Å². The summed E-state index contributed by atoms with van der Waals surface area (Å²) in [5, 5.41) is 0. The van der Waals surface area contributed by atoms with E-state index < -0.39 is 0 Å². The van der Waals surface area contributed by atoms with Crippen LogP contribution in [0, 0.1) is 5.92 Å². The van der Waals surface area contributed by atoms with Crippen molar-refractivity contribution >= 4 is 27.5 Å². The molecule has 6 heteroatoms. The lowest BCUT2D eigenvalue weighted by molar-refractivity contribution is 0.270. The molecule has 1 fully saturated rings. The monoisotopic (exact) mass is 349 g/mol. The van der Waals surface area contributed by atoms with E-state index >= 15 is 0 Å². The van der Waals surface area contributed by atoms with Crippen LogP contribution in [0.3, 0.4) is 0 Å². The molecule has 0 saturated carbocycles. The van der Waals surface area contributed by atoms with Crippen LogP contribution in [-0.4, -0.2) is 33.3 Å². The van der Waals surface area contributed by atoms with Crippen molar-refractivity contribution in [3.8, 4) is 0 Å². The van der Waals surface area contributed by atoms with Crippen LogP contribution >= 0.6 is 15.9 Å². The number of rotatable bonds is 2. The predicted octanol–water partition coefficient (Wildman–Crippen LogP) is 2.64. The van der Waals surface area contributed by atoms with Gasteiger partial charge in [-0.25, -0.2) is 9.98 Å². The van der Waals surface area contributed by atoms with E-state index in [1.54, 1.807) is 0 Å². The van der Waals surface area contributed by atoms with Crippen LogP contribution in [0.2, 0.25) is 0 Å². The maximum atomic E-state index is 6.11. The second-order valence-corrected chi connectivity index (χ2v) is 6.63. The number of aliphatic imine (C=N–C) groups is 1. The number of guanidine groups is 1. The molecule has 1 aliphatic heterocycles. The summed E-state index contributed by atoms with van der Waals surface area (Å²) in [6, 6.07) is 3.96. The Morgan fingerprint density at radius 3 is 3.14 bits per heavy atom. The molecule has 5 nitrogen and oxygen atoms in total. The van der Waals surface area contributed by atoms with Gasteiger partial charge in [0.2, 0.25) is 0 Å². The molecule has 112 valence electrons. The first kappa shape index (κ1) is 14.4. The van der Waals surface area contributed by atoms with Crippen molar-refractivity contribution in [3.05, 3.63) is 34.7 Å². The molecule has 0 spiro atoms. The van der Waals surface area contributed by atoms with Gasteiger partial charge in [-0.05, 0) is 46.8 Å². The number of nitrogens with two attached hydrogens (primary N) is 1. The average Bonchev–Trinajstić information content (AvgIpc) is 2.86. The van der Waals surface area contributed by atoms with Gasteiger partial charge < -0.3 is 15.0 Å². The largest absolute Gasteiger partial charge is 0.370 e. The predicted molar refractivity (Wildman–Crippen MR) is 88.2 cm³/mol. The van der Waals surface area contributed by atoms with Crippen molar-refractivity contribution in [1.29, 1.82) is 0 Å². The minimum atomic E-state index is 0.524. The number of piperidine rings is 1. The summed E-state index contributed by atoms with van der Waals surface area (Å²) in [6.45, 7) is 4.81. The molecule has 0 radical (unpaired) electrons. The number of hydrogen-bond acceptors (Lipinski definition) is 2. The number of imidazole rings is 1. The van der Waals surface area contributed by atoms with Gasteiger partial charge in [0.25, 0.3) is 0 Å². The van der Waals surface area contributed by atoms with E-state index in [-0.39, 0.29) is 0 Å². The Morgan fingerprint density at radius 1 is 1.48 bits per heavy atom. The molecule has 1 unspecified atom stereocenters. The fourth-order valence-corrected chi connectivity index (χ4v) is 3.11. The highest BCUT2D eigenvalue weighted by molar-refractivity contribution is 9.10. The Hall–Kier alpha value is -1.56. The van der Waals surface area contributed by atoms with Gasteiger partial charge in [0.1, 0.15) is 5.65 Å². The maximum absolute atomic E-state index is 6.11. The first-order valence-corrected chi connectivity index (χ1v) is 8.09. The SMILES string of the molecule is CC1CCCN(C(N)=NCc2cn3cc(Br)ccc3n2)C1. The zero-order chi connectivity index (χ0) is 14.8. The zero-order valence-corrected chi connectivity index (χ0v) is 13.8. The Labute approximate surface area is 133 Å². The lowest BCUT2D eigenvalue weighted by Crippen LogP contribution is -2.43. The summed E-state index contributed by atoms with van der Waals surface area (Å²) < 4.78 is 3.03. The van der Waals surface area contributed by atoms with E-state index in [0.29, 0.717) is 18.4 Å². The van der Waals surface area contributed by atoms with E-state index in [4.69, 9.17) is 5.73 Å². The molecule has 1 atom stereocenters. The van der Waals surface area contributed by atoms with Crippen LogP contribution < -0.4 is 5.73 Å². The molecule has 0 bridgehead atoms. The first-order chi connectivity index (χ1) is 10.1. The summed E-state index contributed by atoms with van der Waals surface area (Å²) in [4.78, 5) is 11.2. The fourth-order valence-electron chi connectivity index (χ4n) is 2.75. The van der Waals surface area contributed by atoms with Gasteiger partial charge >= 0.3 is 0 Å². The molecule has 21 heavy (non-hydrogen) atoms. The number of fused-ring (bicyclic) bond motifs is 1. The van der Waals surface area contributed by atoms with Gasteiger partial charge in [0.05, 0.1) is 12.2 Å². The maximum Gasteiger partial charge on any atom is 0.191 e. The molecular formula is C15H20BrN5. The van der Waals surface area contributed by atoms with E-state index in [9.17, 15) is 0 Å². The number of hydrogen-bond donors (Lipinski definition) is 1. The molecular weight excluding hydrogens is 330 g/mol. The van der Waals surface area contributed by atoms with Gasteiger partial charge in [-0.1, -0.05) is 6.92 Å². The van der Waals surface area contributed by atoms with Gasteiger partial charge in [-0.3, -0.25) is 0 Å². The molecule has 1 saturated heterocycles. The van der Waals surface area contributed by atoms with Crippen LogP contribution in [-0.2, 0) is 6.54 Å². The Balaban J connectivity index is 1.71. The van der Waals surface area contributed by atoms with Crippen LogP contribution in [0.5, 0.6) is 0 Å². The Morgan fingerprint density at radius 2 is 2.33 bits per heavy atom. The molecule has 3 rings (SSSR count). The van der Waals surface area contributed by atoms with Crippen molar-refractivity contribution in [3.63, 3.8) is 0 Å². The lowest BCUT2D eigenvalue weighted by atomic mass is 10.0. The first-order valence-electron chi connectivity index (χ1n) is 7.30. The molecule has 3 heterocycles. The summed E-state index contributed by atoms with van der Waals surface area (Å²) in [5.41, 5.74) is 7.97. The second-order valence-electron chi connectivity index (χ2n) is 5.71. The molecule has 0 aromatic carbocycles. The Bertz CT molecular complexity index is 663. The van der Waals surface area contributed by atoms with Gasteiger partial charge in [0.15, 0.2) is 5.96 Å². The Kier molecular flexibility index (Phi) is 4.14. The van der Waals surface area contributed by atoms with E-state index in [0.717, 1.165) is 28.9 Å². The summed E-state index contributed by atoms with van der Waals surface area (Å²) in [6.07, 6.45) is 6.46. The molecule has 0 amide bonds. The van der Waals surface area contributed by atoms with Crippen LogP contribution in [0.25, 0.3) is 5.65 Å². The second kappa shape index (κ2) is 6.05. The average molecular weight is 350 g/mol. The number of nitrogens with zero attached hydrogens (tertiary/aromatic N) is 4. The van der Waals surface area contributed by atoms with Gasteiger partial charge in [-0.2, -0.15) is 0 Å². The summed E-state index contributed by atoms with van der Waals surface area (Å²) in [7, 11) is 0. The molecule has 0 aliphatic carbocycles. The number of likely N-dealkylation sites (tertiary alicyclic amines) is 1. The van der Waals surface area contributed by atoms with E-state index in [1.165, 1.54) is 12.8 Å². The van der Waals surface area contributed by atoms with Crippen molar-refractivity contribution in [2.45, 2.75) is 26.3 Å². The topological polar surface area (TPSA) is 58.9 Å². The highest BCUT2D eigenvalue weighted by atomic mass is 79.9. The van der Waals surface area contributed by atoms with Crippen LogP contribution in [0.1, 0.15) is 25.5 Å². The van der Waals surface area contributed by atoms with Crippen molar-refractivity contribution in [2.75, 3.05) is 13.1 Å².